The van der Waals surface area contributed by atoms with Crippen molar-refractivity contribution in [3.63, 3.8) is 0 Å². The van der Waals surface area contributed by atoms with Crippen LogP contribution in [0.15, 0.2) is 30.3 Å². The zero-order valence-electron chi connectivity index (χ0n) is 5.41. The number of benzene rings is 1. The molecule has 9 heavy (non-hydrogen) atoms. The maximum Gasteiger partial charge on any atom is -0.0100 e. The molecule has 2 N–H and O–H groups in total. The quantitative estimate of drug-likeness (QED) is 0.583. The Balaban J connectivity index is 2.85. The van der Waals surface area contributed by atoms with Gasteiger partial charge in [-0.15, -0.1) is 0 Å². The average Bonchev–Trinajstić information content (AvgIpc) is 1.90. The Morgan fingerprint density at radius 1 is 1.22 bits per heavy atom. The molecule has 0 amide bonds. The van der Waals surface area contributed by atoms with Gasteiger partial charge in [0.2, 0.25) is 0 Å². The Kier molecular flexibility index (Phi) is 2.21. The summed E-state index contributed by atoms with van der Waals surface area (Å²) in [7, 11) is -0.396. The fourth-order valence-corrected chi connectivity index (χ4v) is 1.31. The molecule has 0 radical (unpaired) electrons. The van der Waals surface area contributed by atoms with Gasteiger partial charge in [0, 0.05) is 0 Å². The second kappa shape index (κ2) is 2.95. The molecular formula is C7H10NP. The summed E-state index contributed by atoms with van der Waals surface area (Å²) in [6, 6.07) is 10.2. The Hall–Kier alpha value is -0.390. The lowest BCUT2D eigenvalue weighted by molar-refractivity contribution is 1.75. The van der Waals surface area contributed by atoms with Crippen LogP contribution in [0.25, 0.3) is 0 Å². The molecule has 1 aromatic carbocycles. The summed E-state index contributed by atoms with van der Waals surface area (Å²) < 4.78 is 0. The molecule has 1 rings (SSSR count). The third-order valence-corrected chi connectivity index (χ3v) is 2.28. The lowest BCUT2D eigenvalue weighted by Gasteiger charge is -2.02. The van der Waals surface area contributed by atoms with Gasteiger partial charge in [-0.3, -0.25) is 0 Å². The van der Waals surface area contributed by atoms with Gasteiger partial charge in [0.25, 0.3) is 0 Å². The van der Waals surface area contributed by atoms with Crippen molar-refractivity contribution in [3.05, 3.63) is 30.3 Å². The topological polar surface area (TPSA) is 26.0 Å². The lowest BCUT2D eigenvalue weighted by Crippen LogP contribution is -2.03. The van der Waals surface area contributed by atoms with E-state index in [1.807, 2.05) is 24.9 Å². The smallest absolute Gasteiger partial charge is 0.0100 e. The van der Waals surface area contributed by atoms with Gasteiger partial charge >= 0.3 is 0 Å². The first kappa shape index (κ1) is 6.73. The van der Waals surface area contributed by atoms with Crippen molar-refractivity contribution < 1.29 is 0 Å². The molecule has 48 valence electrons. The van der Waals surface area contributed by atoms with Crippen LogP contribution in [-0.2, 0) is 0 Å². The Bertz CT molecular complexity index is 172. The van der Waals surface area contributed by atoms with E-state index in [2.05, 4.69) is 12.1 Å². The molecule has 0 aliphatic rings. The number of hydrogen-bond donors (Lipinski definition) is 1. The van der Waals surface area contributed by atoms with Crippen LogP contribution in [-0.4, -0.2) is 6.66 Å². The minimum absolute atomic E-state index is 0.396. The minimum Gasteiger partial charge on any atom is -0.306 e. The summed E-state index contributed by atoms with van der Waals surface area (Å²) >= 11 is 0. The first-order chi connectivity index (χ1) is 4.30. The lowest BCUT2D eigenvalue weighted by atomic mass is 10.4. The largest absolute Gasteiger partial charge is 0.306 e. The summed E-state index contributed by atoms with van der Waals surface area (Å²) in [5, 5.41) is 1.26. The van der Waals surface area contributed by atoms with Gasteiger partial charge in [-0.2, -0.15) is 0 Å². The van der Waals surface area contributed by atoms with E-state index in [1.165, 1.54) is 5.30 Å². The van der Waals surface area contributed by atoms with Gasteiger partial charge in [-0.05, 0) is 20.0 Å². The Morgan fingerprint density at radius 3 is 2.11 bits per heavy atom. The van der Waals surface area contributed by atoms with Crippen molar-refractivity contribution in [2.45, 2.75) is 0 Å². The van der Waals surface area contributed by atoms with Crippen molar-refractivity contribution in [3.8, 4) is 0 Å². The molecule has 0 saturated heterocycles. The average molecular weight is 139 g/mol. The minimum atomic E-state index is -0.396. The van der Waals surface area contributed by atoms with Crippen LogP contribution in [0.1, 0.15) is 0 Å². The third kappa shape index (κ3) is 1.78. The number of nitrogens with two attached hydrogens (primary N) is 1. The van der Waals surface area contributed by atoms with Gasteiger partial charge in [-0.25, -0.2) is 0 Å². The molecule has 0 aliphatic heterocycles. The highest BCUT2D eigenvalue weighted by atomic mass is 31.1. The van der Waals surface area contributed by atoms with Gasteiger partial charge in [-0.1, -0.05) is 30.3 Å². The van der Waals surface area contributed by atoms with E-state index in [0.717, 1.165) is 0 Å². The fourth-order valence-electron chi connectivity index (χ4n) is 0.663. The van der Waals surface area contributed by atoms with E-state index in [-0.39, 0.29) is 0 Å². The van der Waals surface area contributed by atoms with Crippen LogP contribution < -0.4 is 10.8 Å². The maximum atomic E-state index is 5.68. The normalized spacial score (nSPS) is 13.1. The summed E-state index contributed by atoms with van der Waals surface area (Å²) in [5.74, 6) is 0. The van der Waals surface area contributed by atoms with Gasteiger partial charge in [0.05, 0.1) is 0 Å². The summed E-state index contributed by atoms with van der Waals surface area (Å²) in [5.41, 5.74) is 5.68. The highest BCUT2D eigenvalue weighted by molar-refractivity contribution is 7.62. The third-order valence-electron chi connectivity index (χ3n) is 1.16. The highest BCUT2D eigenvalue weighted by Gasteiger charge is 1.93. The summed E-state index contributed by atoms with van der Waals surface area (Å²) in [6.45, 7) is 2.05. The first-order valence-corrected chi connectivity index (χ1v) is 4.70. The molecule has 0 heterocycles. The Morgan fingerprint density at radius 2 is 1.78 bits per heavy atom. The fraction of sp³-hybridized carbons (Fsp3) is 0.143. The van der Waals surface area contributed by atoms with Crippen LogP contribution in [0.3, 0.4) is 0 Å². The first-order valence-electron chi connectivity index (χ1n) is 2.84. The van der Waals surface area contributed by atoms with Crippen LogP contribution in [0, 0.1) is 0 Å². The molecule has 2 heteroatoms. The van der Waals surface area contributed by atoms with E-state index in [1.54, 1.807) is 0 Å². The molecule has 0 fully saturated rings. The van der Waals surface area contributed by atoms with Crippen LogP contribution in [0.4, 0.5) is 0 Å². The molecular weight excluding hydrogens is 129 g/mol. The predicted molar refractivity (Wildman–Crippen MR) is 43.1 cm³/mol. The zero-order valence-corrected chi connectivity index (χ0v) is 6.31. The van der Waals surface area contributed by atoms with E-state index >= 15 is 0 Å². The summed E-state index contributed by atoms with van der Waals surface area (Å²) in [6.07, 6.45) is 0. The van der Waals surface area contributed by atoms with E-state index in [0.29, 0.717) is 0 Å². The molecule has 1 aromatic rings. The van der Waals surface area contributed by atoms with Crippen molar-refractivity contribution in [2.24, 2.45) is 5.50 Å². The van der Waals surface area contributed by atoms with E-state index < -0.39 is 8.07 Å². The standard InChI is InChI=1S/C7H10NP/c1-9(8)7-5-3-2-4-6-7/h2-6H,8H2,1H3. The zero-order chi connectivity index (χ0) is 6.69. The second-order valence-electron chi connectivity index (χ2n) is 1.95. The SMILES string of the molecule is CP(N)c1ccccc1. The molecule has 0 aromatic heterocycles. The molecule has 1 atom stereocenters. The molecule has 0 bridgehead atoms. The number of hydrogen-bond acceptors (Lipinski definition) is 1. The monoisotopic (exact) mass is 139 g/mol. The van der Waals surface area contributed by atoms with Crippen LogP contribution >= 0.6 is 8.07 Å². The molecule has 0 spiro atoms. The van der Waals surface area contributed by atoms with E-state index in [4.69, 9.17) is 5.50 Å². The predicted octanol–water partition coefficient (Wildman–Crippen LogP) is 1.30. The highest BCUT2D eigenvalue weighted by Crippen LogP contribution is 2.16. The van der Waals surface area contributed by atoms with Crippen molar-refractivity contribution in [2.75, 3.05) is 6.66 Å². The van der Waals surface area contributed by atoms with Gasteiger partial charge < -0.3 is 5.50 Å². The van der Waals surface area contributed by atoms with Crippen LogP contribution in [0.5, 0.6) is 0 Å². The Labute approximate surface area is 56.7 Å². The van der Waals surface area contributed by atoms with Gasteiger partial charge in [0.1, 0.15) is 0 Å². The maximum absolute atomic E-state index is 5.68. The number of rotatable bonds is 1. The molecule has 1 nitrogen and oxygen atoms in total. The van der Waals surface area contributed by atoms with E-state index in [9.17, 15) is 0 Å². The molecule has 0 aliphatic carbocycles. The van der Waals surface area contributed by atoms with Crippen LogP contribution in [0.2, 0.25) is 0 Å². The van der Waals surface area contributed by atoms with Crippen molar-refractivity contribution in [1.29, 1.82) is 0 Å². The van der Waals surface area contributed by atoms with Crippen molar-refractivity contribution >= 4 is 13.4 Å². The molecule has 0 saturated carbocycles. The molecule has 1 unspecified atom stereocenters. The van der Waals surface area contributed by atoms with Gasteiger partial charge in [0.15, 0.2) is 0 Å². The summed E-state index contributed by atoms with van der Waals surface area (Å²) in [4.78, 5) is 0. The second-order valence-corrected chi connectivity index (χ2v) is 3.68. The van der Waals surface area contributed by atoms with Crippen molar-refractivity contribution in [1.82, 2.24) is 0 Å².